The van der Waals surface area contributed by atoms with Gasteiger partial charge in [0.25, 0.3) is 0 Å². The maximum atomic E-state index is 12.9. The first-order chi connectivity index (χ1) is 17.9. The first-order valence-corrected chi connectivity index (χ1v) is 14.1. The van der Waals surface area contributed by atoms with Crippen LogP contribution in [0.25, 0.3) is 11.3 Å². The summed E-state index contributed by atoms with van der Waals surface area (Å²) in [6.45, 7) is 2.19. The van der Waals surface area contributed by atoms with Crippen molar-refractivity contribution in [3.8, 4) is 11.3 Å². The lowest BCUT2D eigenvalue weighted by atomic mass is 10.0. The standard InChI is InChI=1S/C28H30N4O3S2/c1-20(33)29-24-14-10-22(11-15-24)26-19-36-28(30-26)31-27(34)23-12-16-25(17-13-23)37(35)32(2)18-6-9-21-7-4-3-5-8-21/h3-5,7-8,10-12,14-17,19,23H,6,9,13,18H2,1-2H3,(H,29,33)(H,30,31,34). The Morgan fingerprint density at radius 2 is 1.89 bits per heavy atom. The maximum Gasteiger partial charge on any atom is 0.233 e. The number of nitrogens with one attached hydrogen (secondary N) is 2. The Hall–Kier alpha value is -3.24. The van der Waals surface area contributed by atoms with Gasteiger partial charge in [-0.2, -0.15) is 0 Å². The molecule has 1 aliphatic carbocycles. The summed E-state index contributed by atoms with van der Waals surface area (Å²) in [5.41, 5.74) is 3.64. The van der Waals surface area contributed by atoms with Crippen molar-refractivity contribution < 1.29 is 14.1 Å². The number of rotatable bonds is 10. The van der Waals surface area contributed by atoms with E-state index >= 15 is 0 Å². The van der Waals surface area contributed by atoms with Crippen LogP contribution in [0.3, 0.4) is 0 Å². The number of hydrogen-bond acceptors (Lipinski definition) is 6. The molecule has 1 aromatic heterocycles. The second kappa shape index (κ2) is 12.8. The fourth-order valence-corrected chi connectivity index (χ4v) is 5.74. The Kier molecular flexibility index (Phi) is 9.29. The van der Waals surface area contributed by atoms with Crippen LogP contribution in [0, 0.1) is 5.92 Å². The maximum absolute atomic E-state index is 12.9. The fraction of sp³-hybridized carbons (Fsp3) is 0.250. The molecular formula is C28H30N4O3S2. The van der Waals surface area contributed by atoms with Gasteiger partial charge in [-0.3, -0.25) is 9.59 Å². The van der Waals surface area contributed by atoms with E-state index in [4.69, 9.17) is 0 Å². The number of amides is 2. The van der Waals surface area contributed by atoms with Gasteiger partial charge in [-0.1, -0.05) is 48.5 Å². The highest BCUT2D eigenvalue weighted by Gasteiger charge is 2.25. The van der Waals surface area contributed by atoms with Gasteiger partial charge in [0.1, 0.15) is 0 Å². The summed E-state index contributed by atoms with van der Waals surface area (Å²) >= 11 is 0.103. The zero-order valence-electron chi connectivity index (χ0n) is 20.8. The van der Waals surface area contributed by atoms with Crippen LogP contribution in [0.1, 0.15) is 25.3 Å². The normalized spacial score (nSPS) is 15.8. The summed E-state index contributed by atoms with van der Waals surface area (Å²) < 4.78 is 14.8. The number of benzene rings is 2. The zero-order chi connectivity index (χ0) is 26.2. The number of allylic oxidation sites excluding steroid dienone is 2. The molecule has 2 N–H and O–H groups in total. The predicted molar refractivity (Wildman–Crippen MR) is 151 cm³/mol. The van der Waals surface area contributed by atoms with Crippen LogP contribution in [0.5, 0.6) is 0 Å². The van der Waals surface area contributed by atoms with Crippen molar-refractivity contribution in [1.29, 1.82) is 0 Å². The molecule has 37 heavy (non-hydrogen) atoms. The average molecular weight is 535 g/mol. The Morgan fingerprint density at radius 1 is 1.14 bits per heavy atom. The number of hydrogen-bond donors (Lipinski definition) is 2. The highest BCUT2D eigenvalue weighted by Crippen LogP contribution is 2.28. The van der Waals surface area contributed by atoms with Crippen LogP contribution < -0.4 is 10.6 Å². The third-order valence-electron chi connectivity index (χ3n) is 5.90. The SMILES string of the molecule is CC(=O)Nc1ccc(-c2csc(NC(=O)C3C=CC([S+]([O-])N(C)CCCc4ccccc4)=CC3)n2)cc1. The van der Waals surface area contributed by atoms with Gasteiger partial charge in [0.2, 0.25) is 11.8 Å². The summed E-state index contributed by atoms with van der Waals surface area (Å²) in [4.78, 5) is 29.2. The third kappa shape index (κ3) is 7.62. The monoisotopic (exact) mass is 534 g/mol. The molecule has 7 nitrogen and oxygen atoms in total. The molecule has 3 aromatic rings. The molecule has 0 fully saturated rings. The van der Waals surface area contributed by atoms with E-state index in [0.29, 0.717) is 11.6 Å². The molecule has 2 amide bonds. The van der Waals surface area contributed by atoms with E-state index in [0.717, 1.165) is 41.2 Å². The summed E-state index contributed by atoms with van der Waals surface area (Å²) in [7, 11) is 1.86. The van der Waals surface area contributed by atoms with Crippen LogP contribution in [0.15, 0.2) is 83.1 Å². The number of carbonyl (C=O) groups is 2. The molecular weight excluding hydrogens is 504 g/mol. The van der Waals surface area contributed by atoms with Crippen LogP contribution in [-0.2, 0) is 27.4 Å². The quantitative estimate of drug-likeness (QED) is 0.340. The molecule has 0 saturated heterocycles. The van der Waals surface area contributed by atoms with E-state index in [2.05, 4.69) is 27.8 Å². The molecule has 0 bridgehead atoms. The molecule has 0 saturated carbocycles. The van der Waals surface area contributed by atoms with Crippen molar-refractivity contribution in [2.24, 2.45) is 5.92 Å². The summed E-state index contributed by atoms with van der Waals surface area (Å²) in [6, 6.07) is 17.7. The predicted octanol–water partition coefficient (Wildman–Crippen LogP) is 5.40. The van der Waals surface area contributed by atoms with Gasteiger partial charge in [0, 0.05) is 37.1 Å². The zero-order valence-corrected chi connectivity index (χ0v) is 22.5. The summed E-state index contributed by atoms with van der Waals surface area (Å²) in [5, 5.41) is 8.04. The van der Waals surface area contributed by atoms with E-state index in [1.54, 1.807) is 6.08 Å². The Balaban J connectivity index is 1.25. The minimum absolute atomic E-state index is 0.123. The first kappa shape index (κ1) is 26.8. The number of anilines is 2. The minimum Gasteiger partial charge on any atom is -0.593 e. The van der Waals surface area contributed by atoms with Crippen LogP contribution >= 0.6 is 11.3 Å². The van der Waals surface area contributed by atoms with E-state index in [9.17, 15) is 14.1 Å². The highest BCUT2D eigenvalue weighted by molar-refractivity contribution is 7.93. The smallest absolute Gasteiger partial charge is 0.233 e. The van der Waals surface area contributed by atoms with Crippen molar-refractivity contribution >= 4 is 45.3 Å². The van der Waals surface area contributed by atoms with Gasteiger partial charge in [-0.15, -0.1) is 15.6 Å². The first-order valence-electron chi connectivity index (χ1n) is 12.1. The number of carbonyl (C=O) groups excluding carboxylic acids is 2. The van der Waals surface area contributed by atoms with Gasteiger partial charge >= 0.3 is 0 Å². The van der Waals surface area contributed by atoms with Crippen LogP contribution in [0.2, 0.25) is 0 Å². The average Bonchev–Trinajstić information content (AvgIpc) is 3.37. The molecule has 2 aromatic carbocycles. The van der Waals surface area contributed by atoms with Gasteiger partial charge in [-0.25, -0.2) is 4.98 Å². The van der Waals surface area contributed by atoms with Crippen LogP contribution in [-0.4, -0.2) is 39.2 Å². The molecule has 9 heteroatoms. The van der Waals surface area contributed by atoms with Gasteiger partial charge in [0.05, 0.1) is 23.0 Å². The number of aromatic nitrogens is 1. The third-order valence-corrected chi connectivity index (χ3v) is 8.12. The lowest BCUT2D eigenvalue weighted by molar-refractivity contribution is -0.118. The van der Waals surface area contributed by atoms with Gasteiger partial charge in [0.15, 0.2) is 10.0 Å². The molecule has 1 heterocycles. The summed E-state index contributed by atoms with van der Waals surface area (Å²) in [6.07, 6.45) is 7.85. The topological polar surface area (TPSA) is 97.4 Å². The molecule has 0 aliphatic heterocycles. The van der Waals surface area contributed by atoms with Crippen molar-refractivity contribution in [3.05, 3.63) is 88.7 Å². The molecule has 0 spiro atoms. The minimum atomic E-state index is -1.26. The fourth-order valence-electron chi connectivity index (χ4n) is 3.93. The van der Waals surface area contributed by atoms with E-state index < -0.39 is 11.4 Å². The molecule has 0 radical (unpaired) electrons. The summed E-state index contributed by atoms with van der Waals surface area (Å²) in [5.74, 6) is -0.605. The Morgan fingerprint density at radius 3 is 2.57 bits per heavy atom. The van der Waals surface area contributed by atoms with Crippen molar-refractivity contribution in [1.82, 2.24) is 9.29 Å². The van der Waals surface area contributed by atoms with Crippen molar-refractivity contribution in [2.45, 2.75) is 26.2 Å². The van der Waals surface area contributed by atoms with E-state index in [1.165, 1.54) is 23.8 Å². The van der Waals surface area contributed by atoms with Gasteiger partial charge < -0.3 is 15.2 Å². The van der Waals surface area contributed by atoms with Gasteiger partial charge in [-0.05, 0) is 49.1 Å². The molecule has 2 unspecified atom stereocenters. The lowest BCUT2D eigenvalue weighted by Crippen LogP contribution is -2.30. The Bertz CT molecular complexity index is 1270. The van der Waals surface area contributed by atoms with Crippen molar-refractivity contribution in [3.63, 3.8) is 0 Å². The van der Waals surface area contributed by atoms with Crippen LogP contribution in [0.4, 0.5) is 10.8 Å². The lowest BCUT2D eigenvalue weighted by Gasteiger charge is -2.22. The Labute approximate surface area is 224 Å². The molecule has 2 atom stereocenters. The number of nitrogens with zero attached hydrogens (tertiary/aromatic N) is 2. The van der Waals surface area contributed by atoms with E-state index in [-0.39, 0.29) is 17.7 Å². The second-order valence-corrected chi connectivity index (χ2v) is 11.2. The molecule has 1 aliphatic rings. The molecule has 4 rings (SSSR count). The number of thiazole rings is 1. The molecule has 192 valence electrons. The van der Waals surface area contributed by atoms with Crippen molar-refractivity contribution in [2.75, 3.05) is 24.2 Å². The number of aryl methyl sites for hydroxylation is 1. The highest BCUT2D eigenvalue weighted by atomic mass is 32.2. The second-order valence-electron chi connectivity index (χ2n) is 8.78. The van der Waals surface area contributed by atoms with E-state index in [1.807, 2.05) is 71.3 Å². The largest absolute Gasteiger partial charge is 0.593 e.